The van der Waals surface area contributed by atoms with Crippen LogP contribution in [0.2, 0.25) is 0 Å². The number of rotatable bonds is 6. The fourth-order valence-electron chi connectivity index (χ4n) is 7.43. The van der Waals surface area contributed by atoms with Crippen molar-refractivity contribution in [3.05, 3.63) is 88.5 Å². The molecule has 7 heteroatoms. The van der Waals surface area contributed by atoms with Crippen LogP contribution in [0.15, 0.2) is 64.8 Å². The van der Waals surface area contributed by atoms with Crippen LogP contribution in [-0.4, -0.2) is 24.1 Å². The van der Waals surface area contributed by atoms with Gasteiger partial charge in [0.2, 0.25) is 0 Å². The molecule has 1 N–H and O–H groups in total. The summed E-state index contributed by atoms with van der Waals surface area (Å²) in [5, 5.41) is 19.2. The number of halogens is 2. The maximum Gasteiger partial charge on any atom is 0.167 e. The van der Waals surface area contributed by atoms with Gasteiger partial charge in [0.15, 0.2) is 11.6 Å². The number of hydrogen-bond acceptors (Lipinski definition) is 5. The number of aryl methyl sites for hydroxylation is 1. The number of methoxy groups -OCH3 is 1. The van der Waals surface area contributed by atoms with Gasteiger partial charge < -0.3 is 14.6 Å². The van der Waals surface area contributed by atoms with Gasteiger partial charge in [0.1, 0.15) is 23.9 Å². The summed E-state index contributed by atoms with van der Waals surface area (Å²) < 4.78 is 38.3. The first-order chi connectivity index (χ1) is 19.4. The highest BCUT2D eigenvalue weighted by Crippen LogP contribution is 2.60. The first kappa shape index (κ1) is 26.5. The van der Waals surface area contributed by atoms with Gasteiger partial charge in [0.05, 0.1) is 13.3 Å². The summed E-state index contributed by atoms with van der Waals surface area (Å²) in [5.41, 5.74) is 5.55. The molecule has 40 heavy (non-hydrogen) atoms. The standard InChI is InChI=1S/C33H34F2N2O3/c1-33-14-13-26-25-8-6-24(38)16-21(25)4-7-27(26)28(33)9-12-32(33)37-36-18-20-3-10-30(39-2)22(15-20)19-40-31-11-5-23(34)17-29(31)35/h3,5-6,8,10-11,15-18,26-28,38H,4,7,9,12-14,19H2,1-2H3/t26-,27-,28-,33-/m1/s1. The molecule has 208 valence electrons. The minimum atomic E-state index is -0.748. The van der Waals surface area contributed by atoms with Crippen LogP contribution in [0.3, 0.4) is 0 Å². The van der Waals surface area contributed by atoms with E-state index in [1.165, 1.54) is 22.9 Å². The van der Waals surface area contributed by atoms with E-state index in [1.807, 2.05) is 30.3 Å². The Morgan fingerprint density at radius 1 is 1.00 bits per heavy atom. The second-order valence-corrected chi connectivity index (χ2v) is 11.5. The summed E-state index contributed by atoms with van der Waals surface area (Å²) in [5.74, 6) is 1.36. The van der Waals surface area contributed by atoms with Crippen LogP contribution in [0.4, 0.5) is 8.78 Å². The van der Waals surface area contributed by atoms with E-state index < -0.39 is 11.6 Å². The highest BCUT2D eigenvalue weighted by Gasteiger charge is 2.53. The van der Waals surface area contributed by atoms with Gasteiger partial charge in [0, 0.05) is 22.8 Å². The topological polar surface area (TPSA) is 63.4 Å². The molecule has 0 aliphatic heterocycles. The average Bonchev–Trinajstić information content (AvgIpc) is 3.28. The molecule has 0 radical (unpaired) electrons. The van der Waals surface area contributed by atoms with Gasteiger partial charge in [-0.3, -0.25) is 0 Å². The zero-order valence-electron chi connectivity index (χ0n) is 22.9. The van der Waals surface area contributed by atoms with E-state index in [0.29, 0.717) is 29.3 Å². The van der Waals surface area contributed by atoms with Crippen LogP contribution < -0.4 is 9.47 Å². The number of nitrogens with zero attached hydrogens (tertiary/aromatic N) is 2. The van der Waals surface area contributed by atoms with E-state index in [0.717, 1.165) is 61.8 Å². The van der Waals surface area contributed by atoms with Crippen molar-refractivity contribution in [2.45, 2.75) is 58.0 Å². The fourth-order valence-corrected chi connectivity index (χ4v) is 7.43. The first-order valence-corrected chi connectivity index (χ1v) is 14.0. The maximum absolute atomic E-state index is 14.0. The van der Waals surface area contributed by atoms with E-state index in [9.17, 15) is 13.9 Å². The summed E-state index contributed by atoms with van der Waals surface area (Å²) in [6.07, 6.45) is 8.26. The zero-order chi connectivity index (χ0) is 27.9. The second kappa shape index (κ2) is 10.7. The van der Waals surface area contributed by atoms with E-state index in [2.05, 4.69) is 18.1 Å². The van der Waals surface area contributed by atoms with E-state index in [1.54, 1.807) is 13.3 Å². The Kier molecular flexibility index (Phi) is 7.07. The van der Waals surface area contributed by atoms with Crippen molar-refractivity contribution in [2.75, 3.05) is 7.11 Å². The third kappa shape index (κ3) is 4.87. The molecule has 3 aromatic rings. The number of ether oxygens (including phenoxy) is 2. The van der Waals surface area contributed by atoms with Crippen molar-refractivity contribution >= 4 is 11.9 Å². The Bertz CT molecular complexity index is 1490. The van der Waals surface area contributed by atoms with Gasteiger partial charge in [-0.2, -0.15) is 10.2 Å². The molecule has 0 bridgehead atoms. The molecular weight excluding hydrogens is 510 g/mol. The van der Waals surface area contributed by atoms with Crippen LogP contribution in [0.5, 0.6) is 17.2 Å². The van der Waals surface area contributed by atoms with Crippen LogP contribution in [0, 0.1) is 28.9 Å². The van der Waals surface area contributed by atoms with Gasteiger partial charge in [-0.05, 0) is 115 Å². The third-order valence-corrected chi connectivity index (χ3v) is 9.42. The summed E-state index contributed by atoms with van der Waals surface area (Å²) >= 11 is 0. The number of hydrogen-bond donors (Lipinski definition) is 1. The Balaban J connectivity index is 1.17. The molecule has 6 rings (SSSR count). The van der Waals surface area contributed by atoms with E-state index in [4.69, 9.17) is 14.6 Å². The average molecular weight is 545 g/mol. The summed E-state index contributed by atoms with van der Waals surface area (Å²) in [4.78, 5) is 0. The van der Waals surface area contributed by atoms with Gasteiger partial charge in [0.25, 0.3) is 0 Å². The van der Waals surface area contributed by atoms with E-state index in [-0.39, 0.29) is 17.8 Å². The van der Waals surface area contributed by atoms with Crippen molar-refractivity contribution in [1.29, 1.82) is 0 Å². The molecule has 3 aliphatic carbocycles. The van der Waals surface area contributed by atoms with Crippen LogP contribution >= 0.6 is 0 Å². The predicted molar refractivity (Wildman–Crippen MR) is 151 cm³/mol. The maximum atomic E-state index is 14.0. The van der Waals surface area contributed by atoms with Gasteiger partial charge >= 0.3 is 0 Å². The van der Waals surface area contributed by atoms with Gasteiger partial charge in [-0.15, -0.1) is 0 Å². The normalized spacial score (nSPS) is 26.4. The van der Waals surface area contributed by atoms with Crippen LogP contribution in [-0.2, 0) is 13.0 Å². The molecule has 0 unspecified atom stereocenters. The van der Waals surface area contributed by atoms with Crippen molar-refractivity contribution in [3.8, 4) is 17.2 Å². The molecule has 0 amide bonds. The lowest BCUT2D eigenvalue weighted by atomic mass is 9.55. The Hall–Kier alpha value is -3.74. The molecule has 2 saturated carbocycles. The quantitative estimate of drug-likeness (QED) is 0.257. The molecule has 4 atom stereocenters. The molecule has 0 aromatic heterocycles. The lowest BCUT2D eigenvalue weighted by molar-refractivity contribution is 0.0955. The molecular formula is C33H34F2N2O3. The lowest BCUT2D eigenvalue weighted by Crippen LogP contribution is -2.42. The van der Waals surface area contributed by atoms with Crippen molar-refractivity contribution in [3.63, 3.8) is 0 Å². The number of phenols is 1. The lowest BCUT2D eigenvalue weighted by Gasteiger charge is -2.49. The van der Waals surface area contributed by atoms with Crippen LogP contribution in [0.1, 0.15) is 67.2 Å². The summed E-state index contributed by atoms with van der Waals surface area (Å²) in [6, 6.07) is 14.8. The minimum absolute atomic E-state index is 0.0210. The number of aromatic hydroxyl groups is 1. The molecule has 0 spiro atoms. The molecule has 5 nitrogen and oxygen atoms in total. The number of phenolic OH excluding ortho intramolecular Hbond substituents is 1. The molecule has 3 aromatic carbocycles. The molecule has 0 heterocycles. The van der Waals surface area contributed by atoms with Gasteiger partial charge in [-0.25, -0.2) is 8.78 Å². The number of fused-ring (bicyclic) bond motifs is 5. The molecule has 2 fully saturated rings. The third-order valence-electron chi connectivity index (χ3n) is 9.42. The van der Waals surface area contributed by atoms with E-state index >= 15 is 0 Å². The molecule has 0 saturated heterocycles. The van der Waals surface area contributed by atoms with Crippen molar-refractivity contribution in [2.24, 2.45) is 27.5 Å². The Morgan fingerprint density at radius 2 is 1.85 bits per heavy atom. The second-order valence-electron chi connectivity index (χ2n) is 11.5. The SMILES string of the molecule is COc1ccc(C=NN=C2CC[C@@H]3[C@@H]4CCc5cc(O)ccc5[C@H]4CC[C@@]23C)cc1COc1ccc(F)cc1F. The van der Waals surface area contributed by atoms with Crippen molar-refractivity contribution < 1.29 is 23.4 Å². The van der Waals surface area contributed by atoms with Crippen molar-refractivity contribution in [1.82, 2.24) is 0 Å². The first-order valence-electron chi connectivity index (χ1n) is 14.0. The number of benzene rings is 3. The Morgan fingerprint density at radius 3 is 2.67 bits per heavy atom. The van der Waals surface area contributed by atoms with Gasteiger partial charge in [-0.1, -0.05) is 13.0 Å². The predicted octanol–water partition coefficient (Wildman–Crippen LogP) is 7.59. The minimum Gasteiger partial charge on any atom is -0.508 e. The largest absolute Gasteiger partial charge is 0.508 e. The highest BCUT2D eigenvalue weighted by molar-refractivity contribution is 5.93. The van der Waals surface area contributed by atoms with Crippen LogP contribution in [0.25, 0.3) is 0 Å². The smallest absolute Gasteiger partial charge is 0.167 e. The highest BCUT2D eigenvalue weighted by atomic mass is 19.1. The molecule has 3 aliphatic rings. The summed E-state index contributed by atoms with van der Waals surface area (Å²) in [7, 11) is 1.57. The summed E-state index contributed by atoms with van der Waals surface area (Å²) in [6.45, 7) is 2.44. The Labute approximate surface area is 233 Å². The fraction of sp³-hybridized carbons (Fsp3) is 0.394. The monoisotopic (exact) mass is 544 g/mol. The zero-order valence-corrected chi connectivity index (χ0v) is 22.9.